The van der Waals surface area contributed by atoms with E-state index in [1.165, 1.54) is 6.07 Å². The van der Waals surface area contributed by atoms with Crippen LogP contribution in [0.15, 0.2) is 59.5 Å². The zero-order chi connectivity index (χ0) is 21.3. The number of fused-ring (bicyclic) bond motifs is 1. The second kappa shape index (κ2) is 8.00. The van der Waals surface area contributed by atoms with E-state index < -0.39 is 14.9 Å². The Balaban J connectivity index is 1.54. The van der Waals surface area contributed by atoms with Gasteiger partial charge in [0.2, 0.25) is 10.0 Å². The minimum absolute atomic E-state index is 0.0112. The molecule has 4 rings (SSSR count). The first kappa shape index (κ1) is 20.2. The number of anilines is 1. The zero-order valence-corrected chi connectivity index (χ0v) is 17.3. The van der Waals surface area contributed by atoms with Gasteiger partial charge in [0.1, 0.15) is 0 Å². The topological polar surface area (TPSA) is 105 Å². The second-order valence-corrected chi connectivity index (χ2v) is 9.12. The lowest BCUT2D eigenvalue weighted by Gasteiger charge is -2.34. The summed E-state index contributed by atoms with van der Waals surface area (Å²) in [5.41, 5.74) is 1.97. The van der Waals surface area contributed by atoms with Crippen LogP contribution in [0.1, 0.15) is 18.5 Å². The number of nitrogens with zero attached hydrogens (tertiary/aromatic N) is 3. The van der Waals surface area contributed by atoms with E-state index >= 15 is 0 Å². The lowest BCUT2D eigenvalue weighted by atomic mass is 10.0. The average molecular weight is 426 g/mol. The molecule has 8 nitrogen and oxygen atoms in total. The molecule has 1 aromatic heterocycles. The van der Waals surface area contributed by atoms with Gasteiger partial charge in [-0.05, 0) is 38.0 Å². The normalized spacial score (nSPS) is 15.4. The summed E-state index contributed by atoms with van der Waals surface area (Å²) in [5.74, 6) is 0. The number of nitrogens with one attached hydrogen (secondary N) is 1. The van der Waals surface area contributed by atoms with Crippen molar-refractivity contribution in [1.82, 2.24) is 9.71 Å². The van der Waals surface area contributed by atoms with Crippen molar-refractivity contribution in [2.75, 3.05) is 18.0 Å². The van der Waals surface area contributed by atoms with Gasteiger partial charge in [0.05, 0.1) is 9.82 Å². The third kappa shape index (κ3) is 3.99. The quantitative estimate of drug-likeness (QED) is 0.495. The summed E-state index contributed by atoms with van der Waals surface area (Å²) in [6, 6.07) is 15.1. The van der Waals surface area contributed by atoms with E-state index in [9.17, 15) is 18.5 Å². The number of pyridine rings is 1. The van der Waals surface area contributed by atoms with Crippen molar-refractivity contribution in [1.29, 1.82) is 0 Å². The van der Waals surface area contributed by atoms with Crippen LogP contribution in [0, 0.1) is 17.0 Å². The summed E-state index contributed by atoms with van der Waals surface area (Å²) in [6.07, 6.45) is 1.29. The number of aryl methyl sites for hydroxylation is 1. The Morgan fingerprint density at radius 2 is 1.80 bits per heavy atom. The lowest BCUT2D eigenvalue weighted by molar-refractivity contribution is -0.383. The molecule has 0 atom stereocenters. The summed E-state index contributed by atoms with van der Waals surface area (Å²) in [4.78, 5) is 17.8. The van der Waals surface area contributed by atoms with Gasteiger partial charge >= 0.3 is 0 Å². The molecule has 0 spiro atoms. The molecule has 0 saturated carbocycles. The van der Waals surface area contributed by atoms with Gasteiger partial charge < -0.3 is 4.90 Å². The molecule has 1 fully saturated rings. The molecule has 1 aliphatic heterocycles. The molecule has 0 radical (unpaired) electrons. The molecule has 30 heavy (non-hydrogen) atoms. The molecule has 0 unspecified atom stereocenters. The molecule has 0 aliphatic carbocycles. The molecule has 2 heterocycles. The maximum absolute atomic E-state index is 12.6. The van der Waals surface area contributed by atoms with Crippen LogP contribution in [0.2, 0.25) is 0 Å². The SMILES string of the molecule is Cc1cc(N2CCC(NS(=O)(=O)c3ccccc3)CC2)c2cccc([N+](=O)[O-])c2n1. The highest BCUT2D eigenvalue weighted by Gasteiger charge is 2.26. The number of nitro groups is 1. The fraction of sp³-hybridized carbons (Fsp3) is 0.286. The van der Waals surface area contributed by atoms with Crippen molar-refractivity contribution < 1.29 is 13.3 Å². The van der Waals surface area contributed by atoms with Crippen LogP contribution in [0.3, 0.4) is 0 Å². The first-order valence-corrected chi connectivity index (χ1v) is 11.2. The number of sulfonamides is 1. The van der Waals surface area contributed by atoms with Crippen LogP contribution in [0.4, 0.5) is 11.4 Å². The minimum atomic E-state index is -3.55. The van der Waals surface area contributed by atoms with Crippen molar-refractivity contribution in [3.63, 3.8) is 0 Å². The molecule has 3 aromatic rings. The number of para-hydroxylation sites is 1. The predicted molar refractivity (Wildman–Crippen MR) is 115 cm³/mol. The molecule has 156 valence electrons. The first-order valence-electron chi connectivity index (χ1n) is 9.72. The molecule has 9 heteroatoms. The van der Waals surface area contributed by atoms with Gasteiger partial charge in [0.25, 0.3) is 5.69 Å². The third-order valence-corrected chi connectivity index (χ3v) is 6.87. The number of aromatic nitrogens is 1. The minimum Gasteiger partial charge on any atom is -0.371 e. The highest BCUT2D eigenvalue weighted by molar-refractivity contribution is 7.89. The largest absolute Gasteiger partial charge is 0.371 e. The summed E-state index contributed by atoms with van der Waals surface area (Å²) in [5, 5.41) is 12.1. The number of nitro benzene ring substituents is 1. The lowest BCUT2D eigenvalue weighted by Crippen LogP contribution is -2.44. The van der Waals surface area contributed by atoms with E-state index in [2.05, 4.69) is 14.6 Å². The van der Waals surface area contributed by atoms with Gasteiger partial charge in [0, 0.05) is 42.0 Å². The van der Waals surface area contributed by atoms with E-state index in [-0.39, 0.29) is 16.6 Å². The molecular weight excluding hydrogens is 404 g/mol. The monoisotopic (exact) mass is 426 g/mol. The Hall–Kier alpha value is -3.04. The number of non-ortho nitro benzene ring substituents is 1. The van der Waals surface area contributed by atoms with Crippen LogP contribution in [-0.4, -0.2) is 37.5 Å². The van der Waals surface area contributed by atoms with Crippen LogP contribution >= 0.6 is 0 Å². The first-order chi connectivity index (χ1) is 14.3. The van der Waals surface area contributed by atoms with Crippen LogP contribution in [0.5, 0.6) is 0 Å². The summed E-state index contributed by atoms with van der Waals surface area (Å²) in [7, 11) is -3.55. The molecular formula is C21H22N4O4S. The third-order valence-electron chi connectivity index (χ3n) is 5.33. The standard InChI is InChI=1S/C21H22N4O4S/c1-15-14-20(18-8-5-9-19(25(26)27)21(18)22-15)24-12-10-16(11-13-24)23-30(28,29)17-6-3-2-4-7-17/h2-9,14,16,23H,10-13H2,1H3. The smallest absolute Gasteiger partial charge is 0.295 e. The van der Waals surface area contributed by atoms with Gasteiger partial charge in [-0.1, -0.05) is 30.3 Å². The maximum atomic E-state index is 12.6. The number of hydrogen-bond acceptors (Lipinski definition) is 6. The Morgan fingerprint density at radius 3 is 2.47 bits per heavy atom. The van der Waals surface area contributed by atoms with E-state index in [0.29, 0.717) is 37.1 Å². The molecule has 1 aliphatic rings. The van der Waals surface area contributed by atoms with Gasteiger partial charge in [-0.3, -0.25) is 10.1 Å². The summed E-state index contributed by atoms with van der Waals surface area (Å²) in [6.45, 7) is 3.10. The molecule has 0 amide bonds. The number of benzene rings is 2. The van der Waals surface area contributed by atoms with Gasteiger partial charge in [-0.2, -0.15) is 0 Å². The highest BCUT2D eigenvalue weighted by atomic mass is 32.2. The van der Waals surface area contributed by atoms with E-state index in [0.717, 1.165) is 11.1 Å². The molecule has 1 N–H and O–H groups in total. The Kier molecular flexibility index (Phi) is 5.40. The fourth-order valence-corrected chi connectivity index (χ4v) is 5.20. The van der Waals surface area contributed by atoms with Crippen molar-refractivity contribution in [2.24, 2.45) is 0 Å². The van der Waals surface area contributed by atoms with Crippen LogP contribution in [-0.2, 0) is 10.0 Å². The number of hydrogen-bond donors (Lipinski definition) is 1. The Bertz CT molecular complexity index is 1190. The Labute approximate surface area is 174 Å². The zero-order valence-electron chi connectivity index (χ0n) is 16.5. The molecule has 2 aromatic carbocycles. The fourth-order valence-electron chi connectivity index (χ4n) is 3.87. The van der Waals surface area contributed by atoms with Crippen LogP contribution < -0.4 is 9.62 Å². The Morgan fingerprint density at radius 1 is 1.10 bits per heavy atom. The summed E-state index contributed by atoms with van der Waals surface area (Å²) < 4.78 is 28.0. The van der Waals surface area contributed by atoms with Crippen LogP contribution in [0.25, 0.3) is 10.9 Å². The van der Waals surface area contributed by atoms with Gasteiger partial charge in [-0.25, -0.2) is 18.1 Å². The van der Waals surface area contributed by atoms with Crippen molar-refractivity contribution in [3.8, 4) is 0 Å². The number of piperidine rings is 1. The van der Waals surface area contributed by atoms with Crippen molar-refractivity contribution in [3.05, 3.63) is 70.4 Å². The van der Waals surface area contributed by atoms with E-state index in [1.807, 2.05) is 19.1 Å². The predicted octanol–water partition coefficient (Wildman–Crippen LogP) is 3.40. The highest BCUT2D eigenvalue weighted by Crippen LogP contribution is 2.33. The number of rotatable bonds is 5. The van der Waals surface area contributed by atoms with Gasteiger partial charge in [-0.15, -0.1) is 0 Å². The molecule has 0 bridgehead atoms. The average Bonchev–Trinajstić information content (AvgIpc) is 2.73. The van der Waals surface area contributed by atoms with E-state index in [4.69, 9.17) is 0 Å². The van der Waals surface area contributed by atoms with Crippen molar-refractivity contribution in [2.45, 2.75) is 30.7 Å². The summed E-state index contributed by atoms with van der Waals surface area (Å²) >= 11 is 0. The second-order valence-electron chi connectivity index (χ2n) is 7.41. The van der Waals surface area contributed by atoms with E-state index in [1.54, 1.807) is 36.4 Å². The van der Waals surface area contributed by atoms with Crippen molar-refractivity contribution >= 4 is 32.3 Å². The maximum Gasteiger partial charge on any atom is 0.295 e. The van der Waals surface area contributed by atoms with Gasteiger partial charge in [0.15, 0.2) is 5.52 Å². The molecule has 1 saturated heterocycles.